The van der Waals surface area contributed by atoms with Gasteiger partial charge in [-0.05, 0) is 49.2 Å². The maximum Gasteiger partial charge on any atom is 0.275 e. The standard InChI is InChI=1S/C25H25N3O2/c1-3-15-30-24-12-8-6-10-20(24)25(29)27-26-17-18-13-14-23-21(16-18)19-9-5-7-11-22(19)28(23)4-2/h5-14,16-17H,3-4,15H2,1-2H3,(H,27,29). The minimum atomic E-state index is -0.290. The van der Waals surface area contributed by atoms with Crippen molar-refractivity contribution in [3.63, 3.8) is 0 Å². The van der Waals surface area contributed by atoms with Gasteiger partial charge in [0.1, 0.15) is 5.75 Å². The van der Waals surface area contributed by atoms with E-state index in [2.05, 4.69) is 58.4 Å². The minimum Gasteiger partial charge on any atom is -0.493 e. The first kappa shape index (κ1) is 19.7. The zero-order valence-corrected chi connectivity index (χ0v) is 17.3. The van der Waals surface area contributed by atoms with E-state index in [0.29, 0.717) is 17.9 Å². The second kappa shape index (κ2) is 8.82. The SMILES string of the molecule is CCCOc1ccccc1C(=O)NN=Cc1ccc2c(c1)c1ccccc1n2CC. The molecule has 3 aromatic carbocycles. The maximum absolute atomic E-state index is 12.5. The van der Waals surface area contributed by atoms with Gasteiger partial charge in [-0.15, -0.1) is 0 Å². The summed E-state index contributed by atoms with van der Waals surface area (Å²) in [5, 5.41) is 6.57. The van der Waals surface area contributed by atoms with Crippen molar-refractivity contribution < 1.29 is 9.53 Å². The molecular weight excluding hydrogens is 374 g/mol. The van der Waals surface area contributed by atoms with Gasteiger partial charge in [-0.2, -0.15) is 5.10 Å². The quantitative estimate of drug-likeness (QED) is 0.336. The smallest absolute Gasteiger partial charge is 0.275 e. The normalized spacial score (nSPS) is 11.4. The van der Waals surface area contributed by atoms with Crippen LogP contribution in [0.1, 0.15) is 36.2 Å². The molecule has 0 spiro atoms. The molecule has 0 unspecified atom stereocenters. The number of para-hydroxylation sites is 2. The number of carbonyl (C=O) groups excluding carboxylic acids is 1. The number of rotatable bonds is 7. The molecule has 1 amide bonds. The lowest BCUT2D eigenvalue weighted by molar-refractivity contribution is 0.0951. The molecule has 30 heavy (non-hydrogen) atoms. The van der Waals surface area contributed by atoms with E-state index < -0.39 is 0 Å². The number of fused-ring (bicyclic) bond motifs is 3. The van der Waals surface area contributed by atoms with Crippen molar-refractivity contribution in [3.05, 3.63) is 77.9 Å². The topological polar surface area (TPSA) is 55.6 Å². The molecule has 4 rings (SSSR count). The van der Waals surface area contributed by atoms with Gasteiger partial charge in [0.15, 0.2) is 0 Å². The first-order valence-electron chi connectivity index (χ1n) is 10.3. The number of hydrogen-bond donors (Lipinski definition) is 1. The van der Waals surface area contributed by atoms with Crippen molar-refractivity contribution >= 4 is 33.9 Å². The third-order valence-corrected chi connectivity index (χ3v) is 5.09. The van der Waals surface area contributed by atoms with Gasteiger partial charge in [0.2, 0.25) is 0 Å². The number of aryl methyl sites for hydroxylation is 1. The first-order chi connectivity index (χ1) is 14.7. The molecule has 0 saturated carbocycles. The van der Waals surface area contributed by atoms with Gasteiger partial charge in [-0.25, -0.2) is 5.43 Å². The number of nitrogens with one attached hydrogen (secondary N) is 1. The van der Waals surface area contributed by atoms with E-state index >= 15 is 0 Å². The molecule has 0 bridgehead atoms. The molecule has 0 aliphatic rings. The highest BCUT2D eigenvalue weighted by Crippen LogP contribution is 2.29. The molecule has 0 saturated heterocycles. The fourth-order valence-corrected chi connectivity index (χ4v) is 3.71. The van der Waals surface area contributed by atoms with Crippen molar-refractivity contribution in [2.45, 2.75) is 26.8 Å². The number of ether oxygens (including phenoxy) is 1. The number of aromatic nitrogens is 1. The van der Waals surface area contributed by atoms with E-state index in [1.165, 1.54) is 21.8 Å². The van der Waals surface area contributed by atoms with E-state index in [9.17, 15) is 4.79 Å². The average molecular weight is 399 g/mol. The summed E-state index contributed by atoms with van der Waals surface area (Å²) in [7, 11) is 0. The molecule has 0 atom stereocenters. The van der Waals surface area contributed by atoms with E-state index in [-0.39, 0.29) is 5.91 Å². The molecule has 1 N–H and O–H groups in total. The summed E-state index contributed by atoms with van der Waals surface area (Å²) in [6.45, 7) is 5.66. The van der Waals surface area contributed by atoms with E-state index in [1.807, 2.05) is 25.1 Å². The molecule has 0 fully saturated rings. The van der Waals surface area contributed by atoms with Crippen LogP contribution in [0, 0.1) is 0 Å². The highest BCUT2D eigenvalue weighted by atomic mass is 16.5. The Hall–Kier alpha value is -3.60. The van der Waals surface area contributed by atoms with Crippen LogP contribution in [0.5, 0.6) is 5.75 Å². The van der Waals surface area contributed by atoms with Gasteiger partial charge in [-0.1, -0.05) is 43.3 Å². The highest BCUT2D eigenvalue weighted by Gasteiger charge is 2.11. The molecule has 152 valence electrons. The largest absolute Gasteiger partial charge is 0.493 e. The van der Waals surface area contributed by atoms with Gasteiger partial charge in [0.25, 0.3) is 5.91 Å². The van der Waals surface area contributed by atoms with Crippen molar-refractivity contribution in [2.75, 3.05) is 6.61 Å². The summed E-state index contributed by atoms with van der Waals surface area (Å²) >= 11 is 0. The zero-order valence-electron chi connectivity index (χ0n) is 17.3. The van der Waals surface area contributed by atoms with Gasteiger partial charge < -0.3 is 9.30 Å². The third-order valence-electron chi connectivity index (χ3n) is 5.09. The summed E-state index contributed by atoms with van der Waals surface area (Å²) in [5.74, 6) is 0.280. The van der Waals surface area contributed by atoms with Crippen LogP contribution < -0.4 is 10.2 Å². The first-order valence-corrected chi connectivity index (χ1v) is 10.3. The third kappa shape index (κ3) is 3.79. The summed E-state index contributed by atoms with van der Waals surface area (Å²) in [6.07, 6.45) is 2.55. The van der Waals surface area contributed by atoms with Crippen molar-refractivity contribution in [1.82, 2.24) is 9.99 Å². The second-order valence-electron chi connectivity index (χ2n) is 7.08. The molecule has 0 radical (unpaired) electrons. The van der Waals surface area contributed by atoms with Gasteiger partial charge >= 0.3 is 0 Å². The molecule has 5 heteroatoms. The van der Waals surface area contributed by atoms with Crippen LogP contribution in [-0.4, -0.2) is 23.3 Å². The lowest BCUT2D eigenvalue weighted by Crippen LogP contribution is -2.18. The Morgan fingerprint density at radius 3 is 2.60 bits per heavy atom. The van der Waals surface area contributed by atoms with Crippen LogP contribution >= 0.6 is 0 Å². The lowest BCUT2D eigenvalue weighted by Gasteiger charge is -2.09. The molecule has 4 aromatic rings. The van der Waals surface area contributed by atoms with Gasteiger partial charge in [-0.3, -0.25) is 4.79 Å². The molecule has 0 aliphatic heterocycles. The fourth-order valence-electron chi connectivity index (χ4n) is 3.71. The molecule has 1 aromatic heterocycles. The van der Waals surface area contributed by atoms with Crippen LogP contribution in [0.15, 0.2) is 71.8 Å². The number of benzene rings is 3. The lowest BCUT2D eigenvalue weighted by atomic mass is 10.1. The Morgan fingerprint density at radius 1 is 1.00 bits per heavy atom. The Labute approximate surface area is 176 Å². The predicted molar refractivity (Wildman–Crippen MR) is 122 cm³/mol. The molecular formula is C25H25N3O2. The maximum atomic E-state index is 12.5. The zero-order chi connectivity index (χ0) is 20.9. The van der Waals surface area contributed by atoms with Gasteiger partial charge in [0.05, 0.1) is 18.4 Å². The molecule has 5 nitrogen and oxygen atoms in total. The number of hydrogen-bond acceptors (Lipinski definition) is 3. The van der Waals surface area contributed by atoms with Crippen molar-refractivity contribution in [2.24, 2.45) is 5.10 Å². The number of amides is 1. The van der Waals surface area contributed by atoms with Crippen LogP contribution in [0.3, 0.4) is 0 Å². The summed E-state index contributed by atoms with van der Waals surface area (Å²) in [4.78, 5) is 12.5. The van der Waals surface area contributed by atoms with Crippen molar-refractivity contribution in [3.8, 4) is 5.75 Å². The van der Waals surface area contributed by atoms with E-state index in [4.69, 9.17) is 4.74 Å². The van der Waals surface area contributed by atoms with Crippen LogP contribution in [0.2, 0.25) is 0 Å². The van der Waals surface area contributed by atoms with Crippen molar-refractivity contribution in [1.29, 1.82) is 0 Å². The van der Waals surface area contributed by atoms with E-state index in [1.54, 1.807) is 18.3 Å². The van der Waals surface area contributed by atoms with Crippen LogP contribution in [-0.2, 0) is 6.54 Å². The Bertz CT molecular complexity index is 1220. The predicted octanol–water partition coefficient (Wildman–Crippen LogP) is 5.37. The summed E-state index contributed by atoms with van der Waals surface area (Å²) < 4.78 is 7.97. The number of hydrazone groups is 1. The minimum absolute atomic E-state index is 0.290. The van der Waals surface area contributed by atoms with Gasteiger partial charge in [0, 0.05) is 28.4 Å². The van der Waals surface area contributed by atoms with E-state index in [0.717, 1.165) is 18.5 Å². The number of carbonyl (C=O) groups is 1. The Morgan fingerprint density at radius 2 is 1.77 bits per heavy atom. The van der Waals surface area contributed by atoms with Crippen LogP contribution in [0.25, 0.3) is 21.8 Å². The summed E-state index contributed by atoms with van der Waals surface area (Å²) in [5.41, 5.74) is 6.44. The Balaban J connectivity index is 1.56. The summed E-state index contributed by atoms with van der Waals surface area (Å²) in [6, 6.07) is 21.8. The van der Waals surface area contributed by atoms with Crippen LogP contribution in [0.4, 0.5) is 0 Å². The fraction of sp³-hybridized carbons (Fsp3) is 0.200. The molecule has 1 heterocycles. The average Bonchev–Trinajstić information content (AvgIpc) is 3.11. The molecule has 0 aliphatic carbocycles. The highest BCUT2D eigenvalue weighted by molar-refractivity contribution is 6.09. The number of nitrogens with zero attached hydrogens (tertiary/aromatic N) is 2. The second-order valence-corrected chi connectivity index (χ2v) is 7.08. The Kier molecular flexibility index (Phi) is 5.80. The monoisotopic (exact) mass is 399 g/mol.